The van der Waals surface area contributed by atoms with Gasteiger partial charge in [-0.2, -0.15) is 0 Å². The van der Waals surface area contributed by atoms with Crippen LogP contribution < -0.4 is 16.0 Å². The van der Waals surface area contributed by atoms with Crippen LogP contribution in [0, 0.1) is 11.8 Å². The standard InChI is InChI=1S/C15H20BrN3O/c1-15(2)12-7-18-6-9(12)8-19(15)13-4-3-10(16)5-11(13)14(17)20/h3-5,9,12,18H,6-8H2,1-2H3,(H2,17,20). The number of nitrogens with zero attached hydrogens (tertiary/aromatic N) is 1. The summed E-state index contributed by atoms with van der Waals surface area (Å²) in [5, 5.41) is 3.47. The monoisotopic (exact) mass is 337 g/mol. The first-order valence-corrected chi connectivity index (χ1v) is 7.78. The zero-order chi connectivity index (χ0) is 14.5. The van der Waals surface area contributed by atoms with E-state index >= 15 is 0 Å². The molecule has 0 bridgehead atoms. The van der Waals surface area contributed by atoms with Gasteiger partial charge < -0.3 is 16.0 Å². The Labute approximate surface area is 127 Å². The van der Waals surface area contributed by atoms with Crippen LogP contribution in [0.1, 0.15) is 24.2 Å². The van der Waals surface area contributed by atoms with Gasteiger partial charge in [0.25, 0.3) is 5.91 Å². The van der Waals surface area contributed by atoms with E-state index in [1.807, 2.05) is 18.2 Å². The molecule has 1 amide bonds. The Balaban J connectivity index is 2.04. The summed E-state index contributed by atoms with van der Waals surface area (Å²) in [6, 6.07) is 5.80. The molecule has 0 aromatic heterocycles. The van der Waals surface area contributed by atoms with Crippen molar-refractivity contribution in [3.63, 3.8) is 0 Å². The number of nitrogens with one attached hydrogen (secondary N) is 1. The predicted molar refractivity (Wildman–Crippen MR) is 83.9 cm³/mol. The van der Waals surface area contributed by atoms with E-state index in [1.54, 1.807) is 0 Å². The number of carbonyl (C=O) groups excluding carboxylic acids is 1. The largest absolute Gasteiger partial charge is 0.366 e. The van der Waals surface area contributed by atoms with E-state index in [0.717, 1.165) is 29.8 Å². The van der Waals surface area contributed by atoms with Crippen LogP contribution in [0.25, 0.3) is 0 Å². The number of anilines is 1. The minimum atomic E-state index is -0.368. The molecule has 3 rings (SSSR count). The van der Waals surface area contributed by atoms with Gasteiger partial charge in [-0.3, -0.25) is 4.79 Å². The number of rotatable bonds is 2. The lowest BCUT2D eigenvalue weighted by Gasteiger charge is -2.38. The Hall–Kier alpha value is -1.07. The normalized spacial score (nSPS) is 27.6. The summed E-state index contributed by atoms with van der Waals surface area (Å²) in [5.74, 6) is 0.897. The summed E-state index contributed by atoms with van der Waals surface area (Å²) in [6.07, 6.45) is 0. The number of benzene rings is 1. The van der Waals surface area contributed by atoms with Crippen molar-refractivity contribution >= 4 is 27.5 Å². The van der Waals surface area contributed by atoms with E-state index in [0.29, 0.717) is 17.4 Å². The quantitative estimate of drug-likeness (QED) is 0.867. The molecule has 0 radical (unpaired) electrons. The van der Waals surface area contributed by atoms with Gasteiger partial charge in [-0.25, -0.2) is 0 Å². The molecule has 1 aromatic rings. The predicted octanol–water partition coefficient (Wildman–Crippen LogP) is 1.98. The van der Waals surface area contributed by atoms with Crippen LogP contribution in [-0.2, 0) is 0 Å². The molecule has 108 valence electrons. The van der Waals surface area contributed by atoms with Gasteiger partial charge in [0.1, 0.15) is 0 Å². The molecule has 2 unspecified atom stereocenters. The van der Waals surface area contributed by atoms with Crippen molar-refractivity contribution in [3.05, 3.63) is 28.2 Å². The third kappa shape index (κ3) is 2.04. The first-order chi connectivity index (χ1) is 9.41. The molecule has 2 fully saturated rings. The van der Waals surface area contributed by atoms with Gasteiger partial charge in [0.05, 0.1) is 11.3 Å². The molecule has 0 spiro atoms. The first-order valence-electron chi connectivity index (χ1n) is 6.99. The number of halogens is 1. The third-order valence-corrected chi connectivity index (χ3v) is 5.37. The maximum Gasteiger partial charge on any atom is 0.250 e. The number of amides is 1. The lowest BCUT2D eigenvalue weighted by Crippen LogP contribution is -2.45. The fourth-order valence-electron chi connectivity index (χ4n) is 3.77. The zero-order valence-electron chi connectivity index (χ0n) is 11.8. The Morgan fingerprint density at radius 3 is 2.85 bits per heavy atom. The van der Waals surface area contributed by atoms with Gasteiger partial charge in [-0.15, -0.1) is 0 Å². The van der Waals surface area contributed by atoms with E-state index in [9.17, 15) is 4.79 Å². The van der Waals surface area contributed by atoms with Gasteiger partial charge in [0.15, 0.2) is 0 Å². The van der Waals surface area contributed by atoms with Crippen molar-refractivity contribution in [1.82, 2.24) is 5.32 Å². The molecule has 1 aromatic carbocycles. The van der Waals surface area contributed by atoms with Crippen molar-refractivity contribution in [2.75, 3.05) is 24.5 Å². The second-order valence-corrected chi connectivity index (χ2v) is 7.23. The molecule has 0 saturated carbocycles. The lowest BCUT2D eigenvalue weighted by molar-refractivity contribution is 0.100. The molecular formula is C15H20BrN3O. The van der Waals surface area contributed by atoms with Crippen molar-refractivity contribution < 1.29 is 4.79 Å². The van der Waals surface area contributed by atoms with E-state index < -0.39 is 0 Å². The van der Waals surface area contributed by atoms with Crippen LogP contribution >= 0.6 is 15.9 Å². The number of hydrogen-bond acceptors (Lipinski definition) is 3. The SMILES string of the molecule is CC1(C)C2CNCC2CN1c1ccc(Br)cc1C(N)=O. The van der Waals surface area contributed by atoms with Gasteiger partial charge in [-0.1, -0.05) is 15.9 Å². The Morgan fingerprint density at radius 1 is 1.45 bits per heavy atom. The van der Waals surface area contributed by atoms with Crippen LogP contribution in [0.3, 0.4) is 0 Å². The lowest BCUT2D eigenvalue weighted by atomic mass is 9.84. The van der Waals surface area contributed by atoms with E-state index in [4.69, 9.17) is 5.73 Å². The summed E-state index contributed by atoms with van der Waals surface area (Å²) in [6.45, 7) is 7.62. The number of primary amides is 1. The average molecular weight is 338 g/mol. The van der Waals surface area contributed by atoms with Crippen molar-refractivity contribution in [2.24, 2.45) is 17.6 Å². The van der Waals surface area contributed by atoms with Crippen molar-refractivity contribution in [3.8, 4) is 0 Å². The molecule has 2 aliphatic heterocycles. The van der Waals surface area contributed by atoms with E-state index in [2.05, 4.69) is 40.0 Å². The summed E-state index contributed by atoms with van der Waals surface area (Å²) < 4.78 is 0.883. The highest BCUT2D eigenvalue weighted by Gasteiger charge is 2.50. The van der Waals surface area contributed by atoms with Gasteiger partial charge in [-0.05, 0) is 43.9 Å². The molecule has 2 aliphatic rings. The summed E-state index contributed by atoms with van der Waals surface area (Å²) in [4.78, 5) is 14.1. The maximum atomic E-state index is 11.8. The summed E-state index contributed by atoms with van der Waals surface area (Å²) >= 11 is 3.41. The molecule has 2 heterocycles. The van der Waals surface area contributed by atoms with Gasteiger partial charge >= 0.3 is 0 Å². The van der Waals surface area contributed by atoms with Gasteiger partial charge in [0, 0.05) is 29.6 Å². The summed E-state index contributed by atoms with van der Waals surface area (Å²) in [5.41, 5.74) is 7.15. The number of fused-ring (bicyclic) bond motifs is 1. The van der Waals surface area contributed by atoms with Crippen LogP contribution in [0.5, 0.6) is 0 Å². The third-order valence-electron chi connectivity index (χ3n) is 4.87. The van der Waals surface area contributed by atoms with Gasteiger partial charge in [0.2, 0.25) is 0 Å². The highest BCUT2D eigenvalue weighted by molar-refractivity contribution is 9.10. The Bertz CT molecular complexity index is 558. The smallest absolute Gasteiger partial charge is 0.250 e. The topological polar surface area (TPSA) is 58.4 Å². The summed E-state index contributed by atoms with van der Waals surface area (Å²) in [7, 11) is 0. The van der Waals surface area contributed by atoms with Crippen molar-refractivity contribution in [2.45, 2.75) is 19.4 Å². The second-order valence-electron chi connectivity index (χ2n) is 6.31. The molecule has 2 atom stereocenters. The number of nitrogens with two attached hydrogens (primary N) is 1. The van der Waals surface area contributed by atoms with E-state index in [1.165, 1.54) is 0 Å². The van der Waals surface area contributed by atoms with Crippen LogP contribution in [-0.4, -0.2) is 31.1 Å². The Kier molecular flexibility index (Phi) is 3.29. The molecule has 20 heavy (non-hydrogen) atoms. The Morgan fingerprint density at radius 2 is 2.20 bits per heavy atom. The van der Waals surface area contributed by atoms with E-state index in [-0.39, 0.29) is 11.4 Å². The minimum Gasteiger partial charge on any atom is -0.366 e. The number of hydrogen-bond donors (Lipinski definition) is 2. The molecular weight excluding hydrogens is 318 g/mol. The fourth-order valence-corrected chi connectivity index (χ4v) is 4.13. The maximum absolute atomic E-state index is 11.8. The first kappa shape index (κ1) is 13.9. The average Bonchev–Trinajstić information content (AvgIpc) is 2.92. The van der Waals surface area contributed by atoms with Crippen LogP contribution in [0.15, 0.2) is 22.7 Å². The highest BCUT2D eigenvalue weighted by atomic mass is 79.9. The van der Waals surface area contributed by atoms with Crippen molar-refractivity contribution in [1.29, 1.82) is 0 Å². The minimum absolute atomic E-state index is 0.0339. The molecule has 4 nitrogen and oxygen atoms in total. The molecule has 0 aliphatic carbocycles. The second kappa shape index (κ2) is 4.74. The zero-order valence-corrected chi connectivity index (χ0v) is 13.4. The van der Waals surface area contributed by atoms with Crippen LogP contribution in [0.4, 0.5) is 5.69 Å². The molecule has 5 heteroatoms. The fraction of sp³-hybridized carbons (Fsp3) is 0.533. The number of carbonyl (C=O) groups is 1. The van der Waals surface area contributed by atoms with Crippen LogP contribution in [0.2, 0.25) is 0 Å². The molecule has 2 saturated heterocycles. The molecule has 3 N–H and O–H groups in total. The highest BCUT2D eigenvalue weighted by Crippen LogP contribution is 2.44.